The highest BCUT2D eigenvalue weighted by Gasteiger charge is 2.19. The van der Waals surface area contributed by atoms with Crippen molar-refractivity contribution in [1.82, 2.24) is 0 Å². The monoisotopic (exact) mass is 179 g/mol. The molecule has 0 amide bonds. The van der Waals surface area contributed by atoms with Crippen LogP contribution in [0.25, 0.3) is 0 Å². The van der Waals surface area contributed by atoms with E-state index >= 15 is 0 Å². The van der Waals surface area contributed by atoms with Gasteiger partial charge in [0.1, 0.15) is 6.23 Å². The van der Waals surface area contributed by atoms with Gasteiger partial charge in [-0.2, -0.15) is 0 Å². The molecule has 2 heteroatoms. The van der Waals surface area contributed by atoms with E-state index in [1.165, 1.54) is 0 Å². The van der Waals surface area contributed by atoms with Crippen LogP contribution in [0.1, 0.15) is 38.1 Å². The molecule has 1 aromatic rings. The zero-order valence-corrected chi connectivity index (χ0v) is 8.41. The number of nitrogens with two attached hydrogens (primary N) is 1. The van der Waals surface area contributed by atoms with Gasteiger partial charge in [-0.25, -0.2) is 0 Å². The third-order valence-corrected chi connectivity index (χ3v) is 2.09. The molecular weight excluding hydrogens is 162 g/mol. The predicted octanol–water partition coefficient (Wildman–Crippen LogP) is 1.93. The number of hydrogen-bond donors (Lipinski definition) is 2. The Labute approximate surface area is 79.4 Å². The van der Waals surface area contributed by atoms with Crippen LogP contribution in [0, 0.1) is 0 Å². The average Bonchev–Trinajstić information content (AvgIpc) is 2.03. The summed E-state index contributed by atoms with van der Waals surface area (Å²) in [6.07, 6.45) is -0.879. The predicted molar refractivity (Wildman–Crippen MR) is 54.3 cm³/mol. The van der Waals surface area contributed by atoms with Gasteiger partial charge in [-0.3, -0.25) is 0 Å². The van der Waals surface area contributed by atoms with Crippen molar-refractivity contribution < 1.29 is 5.11 Å². The lowest BCUT2D eigenvalue weighted by atomic mass is 9.83. The maximum atomic E-state index is 9.35. The van der Waals surface area contributed by atoms with E-state index in [1.54, 1.807) is 0 Å². The van der Waals surface area contributed by atoms with E-state index in [0.29, 0.717) is 0 Å². The molecule has 0 saturated carbocycles. The second kappa shape index (κ2) is 3.48. The number of benzene rings is 1. The minimum atomic E-state index is -0.879. The van der Waals surface area contributed by atoms with Crippen molar-refractivity contribution in [2.45, 2.75) is 32.4 Å². The molecule has 0 saturated heterocycles. The van der Waals surface area contributed by atoms with Gasteiger partial charge in [-0.1, -0.05) is 45.0 Å². The van der Waals surface area contributed by atoms with E-state index < -0.39 is 6.23 Å². The van der Waals surface area contributed by atoms with Gasteiger partial charge in [0, 0.05) is 0 Å². The Morgan fingerprint density at radius 3 is 2.15 bits per heavy atom. The second-order valence-electron chi connectivity index (χ2n) is 4.28. The smallest absolute Gasteiger partial charge is 0.128 e. The molecule has 0 fully saturated rings. The first kappa shape index (κ1) is 10.2. The summed E-state index contributed by atoms with van der Waals surface area (Å²) in [6, 6.07) is 7.73. The molecule has 0 radical (unpaired) electrons. The van der Waals surface area contributed by atoms with Crippen molar-refractivity contribution in [3.63, 3.8) is 0 Å². The van der Waals surface area contributed by atoms with Gasteiger partial charge in [0.2, 0.25) is 0 Å². The van der Waals surface area contributed by atoms with Crippen LogP contribution in [0.15, 0.2) is 24.3 Å². The summed E-state index contributed by atoms with van der Waals surface area (Å²) in [5.74, 6) is 0. The van der Waals surface area contributed by atoms with E-state index in [0.717, 1.165) is 11.1 Å². The lowest BCUT2D eigenvalue weighted by Crippen LogP contribution is -2.19. The summed E-state index contributed by atoms with van der Waals surface area (Å²) < 4.78 is 0. The molecule has 72 valence electrons. The molecule has 0 aliphatic carbocycles. The van der Waals surface area contributed by atoms with Crippen molar-refractivity contribution in [3.05, 3.63) is 35.4 Å². The molecule has 0 spiro atoms. The average molecular weight is 179 g/mol. The normalized spacial score (nSPS) is 14.2. The molecular formula is C11H17NO. The molecule has 1 atom stereocenters. The van der Waals surface area contributed by atoms with Gasteiger partial charge in [0.25, 0.3) is 0 Å². The van der Waals surface area contributed by atoms with Crippen LogP contribution in [0.2, 0.25) is 0 Å². The molecule has 0 bridgehead atoms. The summed E-state index contributed by atoms with van der Waals surface area (Å²) in [7, 11) is 0. The number of aliphatic hydroxyl groups excluding tert-OH is 1. The molecule has 13 heavy (non-hydrogen) atoms. The van der Waals surface area contributed by atoms with Crippen LogP contribution in [0.4, 0.5) is 0 Å². The molecule has 0 aliphatic heterocycles. The summed E-state index contributed by atoms with van der Waals surface area (Å²) in [4.78, 5) is 0. The Hall–Kier alpha value is -0.860. The fourth-order valence-corrected chi connectivity index (χ4v) is 1.44. The molecule has 0 heterocycles. The van der Waals surface area contributed by atoms with Crippen LogP contribution in [-0.4, -0.2) is 5.11 Å². The first-order valence-electron chi connectivity index (χ1n) is 4.46. The van der Waals surface area contributed by atoms with Crippen molar-refractivity contribution in [2.24, 2.45) is 5.73 Å². The highest BCUT2D eigenvalue weighted by molar-refractivity contribution is 5.33. The fraction of sp³-hybridized carbons (Fsp3) is 0.455. The summed E-state index contributed by atoms with van der Waals surface area (Å²) in [5.41, 5.74) is 7.41. The highest BCUT2D eigenvalue weighted by Crippen LogP contribution is 2.27. The summed E-state index contributed by atoms with van der Waals surface area (Å²) in [6.45, 7) is 6.32. The SMILES string of the molecule is CC(C)(C)c1ccccc1C(N)O. The van der Waals surface area contributed by atoms with Crippen molar-refractivity contribution in [2.75, 3.05) is 0 Å². The van der Waals surface area contributed by atoms with Gasteiger partial charge in [0.15, 0.2) is 0 Å². The lowest BCUT2D eigenvalue weighted by molar-refractivity contribution is 0.183. The van der Waals surface area contributed by atoms with Crippen LogP contribution in [0.3, 0.4) is 0 Å². The van der Waals surface area contributed by atoms with E-state index in [1.807, 2.05) is 24.3 Å². The van der Waals surface area contributed by atoms with E-state index in [9.17, 15) is 5.11 Å². The summed E-state index contributed by atoms with van der Waals surface area (Å²) >= 11 is 0. The van der Waals surface area contributed by atoms with Crippen molar-refractivity contribution in [1.29, 1.82) is 0 Å². The van der Waals surface area contributed by atoms with E-state index in [4.69, 9.17) is 5.73 Å². The summed E-state index contributed by atoms with van der Waals surface area (Å²) in [5, 5.41) is 9.35. The number of hydrogen-bond acceptors (Lipinski definition) is 2. The van der Waals surface area contributed by atoms with Crippen molar-refractivity contribution in [3.8, 4) is 0 Å². The number of rotatable bonds is 1. The third-order valence-electron chi connectivity index (χ3n) is 2.09. The molecule has 0 aliphatic rings. The van der Waals surface area contributed by atoms with Gasteiger partial charge < -0.3 is 10.8 Å². The second-order valence-corrected chi connectivity index (χ2v) is 4.28. The van der Waals surface area contributed by atoms with Crippen LogP contribution >= 0.6 is 0 Å². The quantitative estimate of drug-likeness (QED) is 0.647. The topological polar surface area (TPSA) is 46.2 Å². The first-order chi connectivity index (χ1) is 5.93. The Kier molecular flexibility index (Phi) is 2.74. The molecule has 1 aromatic carbocycles. The minimum absolute atomic E-state index is 0.0247. The number of aliphatic hydroxyl groups is 1. The Morgan fingerprint density at radius 2 is 1.77 bits per heavy atom. The van der Waals surface area contributed by atoms with Gasteiger partial charge in [-0.15, -0.1) is 0 Å². The van der Waals surface area contributed by atoms with E-state index in [2.05, 4.69) is 20.8 Å². The highest BCUT2D eigenvalue weighted by atomic mass is 16.3. The molecule has 1 unspecified atom stereocenters. The Bertz CT molecular complexity index is 286. The zero-order chi connectivity index (χ0) is 10.1. The zero-order valence-electron chi connectivity index (χ0n) is 8.41. The largest absolute Gasteiger partial charge is 0.375 e. The van der Waals surface area contributed by atoms with Gasteiger partial charge in [0.05, 0.1) is 0 Å². The maximum Gasteiger partial charge on any atom is 0.128 e. The lowest BCUT2D eigenvalue weighted by Gasteiger charge is -2.23. The molecule has 3 N–H and O–H groups in total. The van der Waals surface area contributed by atoms with Gasteiger partial charge in [-0.05, 0) is 16.5 Å². The van der Waals surface area contributed by atoms with Gasteiger partial charge >= 0.3 is 0 Å². The maximum absolute atomic E-state index is 9.35. The van der Waals surface area contributed by atoms with Crippen LogP contribution < -0.4 is 5.73 Å². The van der Waals surface area contributed by atoms with Crippen LogP contribution in [-0.2, 0) is 5.41 Å². The molecule has 1 rings (SSSR count). The molecule has 2 nitrogen and oxygen atoms in total. The van der Waals surface area contributed by atoms with Crippen LogP contribution in [0.5, 0.6) is 0 Å². The first-order valence-corrected chi connectivity index (χ1v) is 4.46. The Balaban J connectivity index is 3.20. The van der Waals surface area contributed by atoms with Crippen molar-refractivity contribution >= 4 is 0 Å². The fourth-order valence-electron chi connectivity index (χ4n) is 1.44. The van der Waals surface area contributed by atoms with E-state index in [-0.39, 0.29) is 5.41 Å². The standard InChI is InChI=1S/C11H17NO/c1-11(2,3)9-7-5-4-6-8(9)10(12)13/h4-7,10,13H,12H2,1-3H3. The molecule has 0 aromatic heterocycles. The minimum Gasteiger partial charge on any atom is -0.375 e. The third kappa shape index (κ3) is 2.29. The Morgan fingerprint density at radius 1 is 1.23 bits per heavy atom.